The Morgan fingerprint density at radius 3 is 2.38 bits per heavy atom. The van der Waals surface area contributed by atoms with Gasteiger partial charge in [-0.2, -0.15) is 13.2 Å². The fraction of sp³-hybridized carbons (Fsp3) is 0.125. The first kappa shape index (κ1) is 15.6. The summed E-state index contributed by atoms with van der Waals surface area (Å²) in [5.74, 6) is 0. The number of hydrogen-bond acceptors (Lipinski definition) is 1. The molecule has 0 amide bonds. The number of hydrogen-bond donors (Lipinski definition) is 1. The third-order valence-electron chi connectivity index (χ3n) is 2.97. The molecule has 21 heavy (non-hydrogen) atoms. The second kappa shape index (κ2) is 6.35. The van der Waals surface area contributed by atoms with Crippen LogP contribution in [0, 0.1) is 0 Å². The van der Waals surface area contributed by atoms with E-state index in [1.54, 1.807) is 0 Å². The first-order valence-corrected chi connectivity index (χ1v) is 7.01. The fourth-order valence-electron chi connectivity index (χ4n) is 1.81. The minimum atomic E-state index is -4.35. The summed E-state index contributed by atoms with van der Waals surface area (Å²) in [7, 11) is 0. The summed E-state index contributed by atoms with van der Waals surface area (Å²) in [5.41, 5.74) is 1.47. The van der Waals surface area contributed by atoms with Gasteiger partial charge in [0.15, 0.2) is 0 Å². The SMILES string of the molecule is C=C(CNc1cc(C(F)(F)F)ccc1Br)c1ccccc1. The van der Waals surface area contributed by atoms with Gasteiger partial charge in [0.1, 0.15) is 0 Å². The Kier molecular flexibility index (Phi) is 4.73. The molecule has 0 saturated carbocycles. The molecule has 0 saturated heterocycles. The van der Waals surface area contributed by atoms with Crippen molar-refractivity contribution in [3.63, 3.8) is 0 Å². The molecule has 0 atom stereocenters. The van der Waals surface area contributed by atoms with Crippen molar-refractivity contribution in [2.24, 2.45) is 0 Å². The topological polar surface area (TPSA) is 12.0 Å². The third-order valence-corrected chi connectivity index (χ3v) is 3.66. The van der Waals surface area contributed by atoms with Crippen LogP contribution >= 0.6 is 15.9 Å². The van der Waals surface area contributed by atoms with E-state index in [-0.39, 0.29) is 0 Å². The predicted molar refractivity (Wildman–Crippen MR) is 83.1 cm³/mol. The Morgan fingerprint density at radius 2 is 1.76 bits per heavy atom. The van der Waals surface area contributed by atoms with Crippen LogP contribution in [-0.2, 0) is 6.18 Å². The molecule has 5 heteroatoms. The largest absolute Gasteiger partial charge is 0.416 e. The Balaban J connectivity index is 2.11. The molecule has 2 rings (SSSR count). The van der Waals surface area contributed by atoms with Crippen molar-refractivity contribution in [3.8, 4) is 0 Å². The fourth-order valence-corrected chi connectivity index (χ4v) is 2.20. The summed E-state index contributed by atoms with van der Waals surface area (Å²) in [4.78, 5) is 0. The Bertz CT molecular complexity index is 636. The zero-order valence-electron chi connectivity index (χ0n) is 11.0. The lowest BCUT2D eigenvalue weighted by atomic mass is 10.1. The summed E-state index contributed by atoms with van der Waals surface area (Å²) < 4.78 is 38.7. The molecule has 2 aromatic rings. The molecule has 0 fully saturated rings. The predicted octanol–water partition coefficient (Wildman–Crippen LogP) is 5.59. The monoisotopic (exact) mass is 355 g/mol. The summed E-state index contributed by atoms with van der Waals surface area (Å²) in [6, 6.07) is 13.0. The van der Waals surface area contributed by atoms with Gasteiger partial charge in [-0.3, -0.25) is 0 Å². The number of anilines is 1. The van der Waals surface area contributed by atoms with Gasteiger partial charge in [0, 0.05) is 16.7 Å². The average molecular weight is 356 g/mol. The zero-order valence-corrected chi connectivity index (χ0v) is 12.6. The lowest BCUT2D eigenvalue weighted by molar-refractivity contribution is -0.137. The molecule has 0 unspecified atom stereocenters. The maximum Gasteiger partial charge on any atom is 0.416 e. The Morgan fingerprint density at radius 1 is 1.10 bits per heavy atom. The van der Waals surface area contributed by atoms with Gasteiger partial charge in [-0.05, 0) is 45.3 Å². The second-order valence-electron chi connectivity index (χ2n) is 4.52. The standard InChI is InChI=1S/C16H13BrF3N/c1-11(12-5-3-2-4-6-12)10-21-15-9-13(16(18,19)20)7-8-14(15)17/h2-9,21H,1,10H2. The van der Waals surface area contributed by atoms with Crippen LogP contribution in [-0.4, -0.2) is 6.54 Å². The van der Waals surface area contributed by atoms with E-state index in [1.807, 2.05) is 30.3 Å². The maximum absolute atomic E-state index is 12.7. The molecular formula is C16H13BrF3N. The van der Waals surface area contributed by atoms with Gasteiger partial charge in [-0.25, -0.2) is 0 Å². The molecule has 0 spiro atoms. The second-order valence-corrected chi connectivity index (χ2v) is 5.37. The van der Waals surface area contributed by atoms with E-state index >= 15 is 0 Å². The van der Waals surface area contributed by atoms with Crippen LogP contribution in [0.4, 0.5) is 18.9 Å². The van der Waals surface area contributed by atoms with E-state index in [9.17, 15) is 13.2 Å². The average Bonchev–Trinajstić information content (AvgIpc) is 2.45. The van der Waals surface area contributed by atoms with Crippen molar-refractivity contribution in [1.29, 1.82) is 0 Å². The van der Waals surface area contributed by atoms with Gasteiger partial charge in [0.2, 0.25) is 0 Å². The zero-order chi connectivity index (χ0) is 15.5. The minimum Gasteiger partial charge on any atom is -0.380 e. The van der Waals surface area contributed by atoms with Crippen molar-refractivity contribution in [2.45, 2.75) is 6.18 Å². The Labute approximate surface area is 129 Å². The van der Waals surface area contributed by atoms with Gasteiger partial charge in [-0.15, -0.1) is 0 Å². The van der Waals surface area contributed by atoms with Crippen molar-refractivity contribution in [1.82, 2.24) is 0 Å². The van der Waals surface area contributed by atoms with E-state index < -0.39 is 11.7 Å². The molecule has 0 bridgehead atoms. The maximum atomic E-state index is 12.7. The highest BCUT2D eigenvalue weighted by Gasteiger charge is 2.30. The van der Waals surface area contributed by atoms with Crippen molar-refractivity contribution in [2.75, 3.05) is 11.9 Å². The Hall–Kier alpha value is -1.75. The van der Waals surface area contributed by atoms with Crippen LogP contribution < -0.4 is 5.32 Å². The lowest BCUT2D eigenvalue weighted by Gasteiger charge is -2.13. The van der Waals surface area contributed by atoms with Gasteiger partial charge >= 0.3 is 6.18 Å². The van der Waals surface area contributed by atoms with E-state index in [0.717, 1.165) is 23.3 Å². The quantitative estimate of drug-likeness (QED) is 0.753. The molecule has 0 aromatic heterocycles. The van der Waals surface area contributed by atoms with Crippen molar-refractivity contribution >= 4 is 27.2 Å². The van der Waals surface area contributed by atoms with Crippen LogP contribution in [0.15, 0.2) is 59.6 Å². The molecule has 110 valence electrons. The van der Waals surface area contributed by atoms with E-state index in [0.29, 0.717) is 16.7 Å². The number of alkyl halides is 3. The van der Waals surface area contributed by atoms with E-state index in [2.05, 4.69) is 27.8 Å². The van der Waals surface area contributed by atoms with Crippen LogP contribution in [0.5, 0.6) is 0 Å². The number of halogens is 4. The summed E-state index contributed by atoms with van der Waals surface area (Å²) in [6.45, 7) is 4.31. The van der Waals surface area contributed by atoms with Gasteiger partial charge < -0.3 is 5.32 Å². The highest BCUT2D eigenvalue weighted by Crippen LogP contribution is 2.34. The molecule has 2 aromatic carbocycles. The molecule has 0 aliphatic carbocycles. The van der Waals surface area contributed by atoms with Crippen LogP contribution in [0.25, 0.3) is 5.57 Å². The molecule has 0 heterocycles. The number of nitrogens with one attached hydrogen (secondary N) is 1. The van der Waals surface area contributed by atoms with Crippen molar-refractivity contribution < 1.29 is 13.2 Å². The normalized spacial score (nSPS) is 11.2. The minimum absolute atomic E-state index is 0.365. The highest BCUT2D eigenvalue weighted by molar-refractivity contribution is 9.10. The smallest absolute Gasteiger partial charge is 0.380 e. The van der Waals surface area contributed by atoms with Crippen LogP contribution in [0.1, 0.15) is 11.1 Å². The van der Waals surface area contributed by atoms with E-state index in [4.69, 9.17) is 0 Å². The van der Waals surface area contributed by atoms with Crippen LogP contribution in [0.2, 0.25) is 0 Å². The highest BCUT2D eigenvalue weighted by atomic mass is 79.9. The summed E-state index contributed by atoms with van der Waals surface area (Å²) in [6.07, 6.45) is -4.35. The van der Waals surface area contributed by atoms with Gasteiger partial charge in [0.25, 0.3) is 0 Å². The molecule has 0 aliphatic rings. The van der Waals surface area contributed by atoms with Gasteiger partial charge in [-0.1, -0.05) is 36.9 Å². The van der Waals surface area contributed by atoms with Gasteiger partial charge in [0.05, 0.1) is 5.56 Å². The summed E-state index contributed by atoms with van der Waals surface area (Å²) in [5, 5.41) is 2.98. The molecule has 0 aliphatic heterocycles. The van der Waals surface area contributed by atoms with E-state index in [1.165, 1.54) is 6.07 Å². The number of rotatable bonds is 4. The lowest BCUT2D eigenvalue weighted by Crippen LogP contribution is -2.08. The first-order valence-electron chi connectivity index (χ1n) is 6.22. The summed E-state index contributed by atoms with van der Waals surface area (Å²) >= 11 is 3.24. The molecular weight excluding hydrogens is 343 g/mol. The molecule has 1 nitrogen and oxygen atoms in total. The van der Waals surface area contributed by atoms with Crippen LogP contribution in [0.3, 0.4) is 0 Å². The molecule has 1 N–H and O–H groups in total. The third kappa shape index (κ3) is 4.11. The first-order chi connectivity index (χ1) is 9.88. The molecule has 0 radical (unpaired) electrons. The number of benzene rings is 2. The van der Waals surface area contributed by atoms with Crippen molar-refractivity contribution in [3.05, 3.63) is 70.7 Å².